The average molecular weight is 471 g/mol. The molecule has 2 unspecified atom stereocenters. The van der Waals surface area contributed by atoms with Crippen LogP contribution in [-0.4, -0.2) is 59.1 Å². The number of halogens is 3. The number of aromatic nitrogens is 2. The van der Waals surface area contributed by atoms with Crippen molar-refractivity contribution in [3.05, 3.63) is 53.1 Å². The highest BCUT2D eigenvalue weighted by atomic mass is 35.5. The van der Waals surface area contributed by atoms with E-state index in [0.29, 0.717) is 5.52 Å². The van der Waals surface area contributed by atoms with Gasteiger partial charge in [0.1, 0.15) is 12.0 Å². The van der Waals surface area contributed by atoms with Crippen molar-refractivity contribution in [3.63, 3.8) is 0 Å². The molecule has 0 saturated carbocycles. The number of piperidine rings is 1. The molecule has 164 valence electrons. The Labute approximate surface area is 180 Å². The molecule has 1 aliphatic rings. The Hall–Kier alpha value is -2.60. The van der Waals surface area contributed by atoms with Gasteiger partial charge in [-0.3, -0.25) is 4.79 Å². The summed E-state index contributed by atoms with van der Waals surface area (Å²) in [5.41, 5.74) is 0.699. The van der Waals surface area contributed by atoms with Crippen LogP contribution in [0.2, 0.25) is 5.02 Å². The first-order valence-electron chi connectivity index (χ1n) is 9.22. The molecule has 31 heavy (non-hydrogen) atoms. The highest BCUT2D eigenvalue weighted by Crippen LogP contribution is 2.28. The van der Waals surface area contributed by atoms with Gasteiger partial charge in [0.05, 0.1) is 38.9 Å². The van der Waals surface area contributed by atoms with Crippen molar-refractivity contribution in [3.8, 4) is 0 Å². The normalized spacial score (nSPS) is 20.1. The number of benzene rings is 2. The summed E-state index contributed by atoms with van der Waals surface area (Å²) in [5, 5.41) is 11.9. The molecule has 8 nitrogen and oxygen atoms in total. The molecule has 0 bridgehead atoms. The predicted octanol–water partition coefficient (Wildman–Crippen LogP) is 2.70. The molecule has 1 aliphatic heterocycles. The first-order valence-corrected chi connectivity index (χ1v) is 11.0. The van der Waals surface area contributed by atoms with Crippen LogP contribution in [0.15, 0.2) is 41.6 Å². The van der Waals surface area contributed by atoms with Crippen LogP contribution < -0.4 is 5.32 Å². The minimum Gasteiger partial charge on any atom is -0.390 e. The third kappa shape index (κ3) is 4.13. The highest BCUT2D eigenvalue weighted by molar-refractivity contribution is 7.89. The van der Waals surface area contributed by atoms with Crippen molar-refractivity contribution in [2.75, 3.05) is 18.4 Å². The molecular weight excluding hydrogens is 454 g/mol. The number of alkyl halides is 1. The maximum absolute atomic E-state index is 13.9. The van der Waals surface area contributed by atoms with E-state index in [1.54, 1.807) is 0 Å². The molecule has 4 rings (SSSR count). The van der Waals surface area contributed by atoms with Crippen LogP contribution in [0.4, 0.5) is 14.5 Å². The Morgan fingerprint density at radius 2 is 2.10 bits per heavy atom. The summed E-state index contributed by atoms with van der Waals surface area (Å²) in [6.45, 7) is -0.546. The SMILES string of the molecule is O=C(Nc1ccc(F)c(Cl)c1)c1cc(S(=O)(=O)N2CCC(O)C(F)C2)cc2nc[nH]c12. The number of hydrogen-bond donors (Lipinski definition) is 3. The molecule has 3 N–H and O–H groups in total. The molecule has 1 fully saturated rings. The molecule has 1 aromatic heterocycles. The van der Waals surface area contributed by atoms with Crippen LogP contribution in [-0.2, 0) is 10.0 Å². The second-order valence-corrected chi connectivity index (χ2v) is 9.43. The Morgan fingerprint density at radius 3 is 2.81 bits per heavy atom. The van der Waals surface area contributed by atoms with Crippen LogP contribution in [0.25, 0.3) is 11.0 Å². The summed E-state index contributed by atoms with van der Waals surface area (Å²) in [7, 11) is -4.15. The zero-order valence-electron chi connectivity index (χ0n) is 15.8. The van der Waals surface area contributed by atoms with Gasteiger partial charge in [-0.05, 0) is 36.8 Å². The number of aliphatic hydroxyl groups is 1. The molecule has 1 saturated heterocycles. The van der Waals surface area contributed by atoms with E-state index >= 15 is 0 Å². The van der Waals surface area contributed by atoms with Gasteiger partial charge in [0.15, 0.2) is 0 Å². The third-order valence-electron chi connectivity index (χ3n) is 5.03. The van der Waals surface area contributed by atoms with Crippen molar-refractivity contribution in [1.29, 1.82) is 0 Å². The van der Waals surface area contributed by atoms with Gasteiger partial charge in [0, 0.05) is 18.8 Å². The molecule has 2 heterocycles. The molecule has 12 heteroatoms. The van der Waals surface area contributed by atoms with E-state index in [1.807, 2.05) is 0 Å². The van der Waals surface area contributed by atoms with Crippen molar-refractivity contribution >= 4 is 44.3 Å². The lowest BCUT2D eigenvalue weighted by atomic mass is 10.1. The van der Waals surface area contributed by atoms with E-state index in [0.717, 1.165) is 16.4 Å². The number of fused-ring (bicyclic) bond motifs is 1. The van der Waals surface area contributed by atoms with Gasteiger partial charge >= 0.3 is 0 Å². The summed E-state index contributed by atoms with van der Waals surface area (Å²) >= 11 is 5.74. The fourth-order valence-corrected chi connectivity index (χ4v) is 5.04. The molecule has 3 aromatic rings. The molecule has 0 aliphatic carbocycles. The topological polar surface area (TPSA) is 115 Å². The maximum atomic E-state index is 13.9. The van der Waals surface area contributed by atoms with E-state index in [1.165, 1.54) is 24.5 Å². The number of carbonyl (C=O) groups is 1. The Kier molecular flexibility index (Phi) is 5.69. The third-order valence-corrected chi connectivity index (χ3v) is 7.17. The van der Waals surface area contributed by atoms with E-state index < -0.39 is 40.6 Å². The van der Waals surface area contributed by atoms with Crippen molar-refractivity contribution in [1.82, 2.24) is 14.3 Å². The summed E-state index contributed by atoms with van der Waals surface area (Å²) in [6.07, 6.45) is -1.65. The number of rotatable bonds is 4. The summed E-state index contributed by atoms with van der Waals surface area (Å²) in [5.74, 6) is -1.33. The zero-order chi connectivity index (χ0) is 22.3. The number of nitrogens with one attached hydrogen (secondary N) is 2. The Bertz CT molecular complexity index is 1270. The average Bonchev–Trinajstić information content (AvgIpc) is 3.20. The van der Waals surface area contributed by atoms with Crippen LogP contribution in [0.1, 0.15) is 16.8 Å². The molecule has 2 aromatic carbocycles. The second-order valence-electron chi connectivity index (χ2n) is 7.09. The number of amides is 1. The van der Waals surface area contributed by atoms with Crippen LogP contribution in [0.3, 0.4) is 0 Å². The minimum absolute atomic E-state index is 0.0251. The van der Waals surface area contributed by atoms with E-state index in [2.05, 4.69) is 15.3 Å². The first kappa shape index (κ1) is 21.6. The number of sulfonamides is 1. The first-order chi connectivity index (χ1) is 14.7. The predicted molar refractivity (Wildman–Crippen MR) is 110 cm³/mol. The number of nitrogens with zero attached hydrogens (tertiary/aromatic N) is 2. The number of anilines is 1. The quantitative estimate of drug-likeness (QED) is 0.542. The number of aliphatic hydroxyl groups excluding tert-OH is 1. The number of hydrogen-bond acceptors (Lipinski definition) is 5. The van der Waals surface area contributed by atoms with Crippen LogP contribution >= 0.6 is 11.6 Å². The molecule has 1 amide bonds. The Morgan fingerprint density at radius 1 is 1.32 bits per heavy atom. The zero-order valence-corrected chi connectivity index (χ0v) is 17.4. The smallest absolute Gasteiger partial charge is 0.257 e. The standard InChI is InChI=1S/C19H17ClF2N4O4S/c20-13-5-10(1-2-14(13)21)25-19(28)12-6-11(7-16-18(12)24-9-23-16)31(29,30)26-4-3-17(27)15(22)8-26/h1-2,5-7,9,15,17,27H,3-4,8H2,(H,23,24)(H,25,28). The van der Waals surface area contributed by atoms with Gasteiger partial charge < -0.3 is 15.4 Å². The van der Waals surface area contributed by atoms with Gasteiger partial charge in [0.25, 0.3) is 5.91 Å². The summed E-state index contributed by atoms with van der Waals surface area (Å²) < 4.78 is 54.3. The van der Waals surface area contributed by atoms with Gasteiger partial charge in [0.2, 0.25) is 10.0 Å². The van der Waals surface area contributed by atoms with Crippen LogP contribution in [0.5, 0.6) is 0 Å². The lowest BCUT2D eigenvalue weighted by Gasteiger charge is -2.31. The lowest BCUT2D eigenvalue weighted by Crippen LogP contribution is -2.47. The van der Waals surface area contributed by atoms with Gasteiger partial charge in [-0.2, -0.15) is 4.31 Å². The Balaban J connectivity index is 1.71. The van der Waals surface area contributed by atoms with E-state index in [-0.39, 0.29) is 39.7 Å². The van der Waals surface area contributed by atoms with Crippen molar-refractivity contribution in [2.24, 2.45) is 0 Å². The lowest BCUT2D eigenvalue weighted by molar-refractivity contribution is 0.0303. The summed E-state index contributed by atoms with van der Waals surface area (Å²) in [4.78, 5) is 19.5. The largest absolute Gasteiger partial charge is 0.390 e. The van der Waals surface area contributed by atoms with Crippen molar-refractivity contribution < 1.29 is 27.1 Å². The van der Waals surface area contributed by atoms with Gasteiger partial charge in [-0.15, -0.1) is 0 Å². The fourth-order valence-electron chi connectivity index (χ4n) is 3.35. The number of H-pyrrole nitrogens is 1. The van der Waals surface area contributed by atoms with Gasteiger partial charge in [-0.1, -0.05) is 11.6 Å². The monoisotopic (exact) mass is 470 g/mol. The second kappa shape index (κ2) is 8.15. The van der Waals surface area contributed by atoms with E-state index in [9.17, 15) is 27.1 Å². The highest BCUT2D eigenvalue weighted by Gasteiger charge is 2.35. The molecular formula is C19H17ClF2N4O4S. The maximum Gasteiger partial charge on any atom is 0.257 e. The fraction of sp³-hybridized carbons (Fsp3) is 0.263. The van der Waals surface area contributed by atoms with Crippen molar-refractivity contribution in [2.45, 2.75) is 23.6 Å². The summed E-state index contributed by atoms with van der Waals surface area (Å²) in [6, 6.07) is 6.06. The minimum atomic E-state index is -4.15. The molecule has 2 atom stereocenters. The molecule has 0 spiro atoms. The van der Waals surface area contributed by atoms with E-state index in [4.69, 9.17) is 11.6 Å². The number of carbonyl (C=O) groups excluding carboxylic acids is 1. The number of aromatic amines is 1. The molecule has 0 radical (unpaired) electrons. The van der Waals surface area contributed by atoms with Gasteiger partial charge in [-0.25, -0.2) is 22.2 Å². The number of imidazole rings is 1. The van der Waals surface area contributed by atoms with Crippen LogP contribution in [0, 0.1) is 5.82 Å².